The van der Waals surface area contributed by atoms with E-state index in [0.29, 0.717) is 27.4 Å². The third kappa shape index (κ3) is 2.91. The van der Waals surface area contributed by atoms with Gasteiger partial charge < -0.3 is 10.1 Å². The minimum absolute atomic E-state index is 0.138. The number of nitrogens with zero attached hydrogens (tertiary/aromatic N) is 2. The number of fused-ring (bicyclic) bond motifs is 4. The molecule has 25 heavy (non-hydrogen) atoms. The standard InChI is InChI=1S/C18H21N3O3S/c1-10-15(11-5-7-21(10)8-6-11)20-16(22)13-4-3-12-9-14(18(23)24-2)25-17(12)19-13/h3-4,9-11,15H,5-8H2,1-2H3,(H,20,22)/t10-,15+/m1/s1. The minimum atomic E-state index is -0.380. The summed E-state index contributed by atoms with van der Waals surface area (Å²) in [6.07, 6.45) is 2.30. The van der Waals surface area contributed by atoms with Crippen molar-refractivity contribution in [3.63, 3.8) is 0 Å². The maximum Gasteiger partial charge on any atom is 0.348 e. The zero-order valence-electron chi connectivity index (χ0n) is 14.3. The SMILES string of the molecule is COC(=O)c1cc2ccc(C(=O)N[C@@H]3C4CCN(CC4)[C@@H]3C)nc2s1. The highest BCUT2D eigenvalue weighted by atomic mass is 32.1. The molecule has 2 aromatic rings. The van der Waals surface area contributed by atoms with Crippen molar-refractivity contribution >= 4 is 33.4 Å². The first-order chi connectivity index (χ1) is 12.1. The van der Waals surface area contributed by atoms with Crippen molar-refractivity contribution < 1.29 is 14.3 Å². The Balaban J connectivity index is 1.54. The van der Waals surface area contributed by atoms with Crippen LogP contribution < -0.4 is 5.32 Å². The smallest absolute Gasteiger partial charge is 0.348 e. The predicted molar refractivity (Wildman–Crippen MR) is 96.0 cm³/mol. The van der Waals surface area contributed by atoms with E-state index in [1.165, 1.54) is 18.4 Å². The fourth-order valence-corrected chi connectivity index (χ4v) is 4.97. The van der Waals surface area contributed by atoms with E-state index in [9.17, 15) is 9.59 Å². The lowest BCUT2D eigenvalue weighted by Gasteiger charge is -2.49. The van der Waals surface area contributed by atoms with E-state index in [4.69, 9.17) is 4.74 Å². The first-order valence-corrected chi connectivity index (χ1v) is 9.42. The van der Waals surface area contributed by atoms with E-state index in [0.717, 1.165) is 31.3 Å². The van der Waals surface area contributed by atoms with E-state index in [1.54, 1.807) is 12.1 Å². The summed E-state index contributed by atoms with van der Waals surface area (Å²) in [5, 5.41) is 4.04. The number of amides is 1. The minimum Gasteiger partial charge on any atom is -0.465 e. The monoisotopic (exact) mass is 359 g/mol. The second-order valence-electron chi connectivity index (χ2n) is 6.81. The molecule has 5 heterocycles. The van der Waals surface area contributed by atoms with E-state index >= 15 is 0 Å². The molecule has 0 spiro atoms. The van der Waals surface area contributed by atoms with Crippen molar-refractivity contribution in [3.05, 3.63) is 28.8 Å². The summed E-state index contributed by atoms with van der Waals surface area (Å²) in [6, 6.07) is 5.85. The van der Waals surface area contributed by atoms with Crippen LogP contribution in [0.15, 0.2) is 18.2 Å². The molecule has 0 radical (unpaired) electrons. The van der Waals surface area contributed by atoms with Gasteiger partial charge in [-0.2, -0.15) is 0 Å². The van der Waals surface area contributed by atoms with Crippen LogP contribution in [0, 0.1) is 5.92 Å². The molecule has 3 fully saturated rings. The molecule has 0 saturated carbocycles. The topological polar surface area (TPSA) is 71.5 Å². The number of carbonyl (C=O) groups excluding carboxylic acids is 2. The van der Waals surface area contributed by atoms with Crippen LogP contribution in [0.25, 0.3) is 10.2 Å². The Bertz CT molecular complexity index is 824. The van der Waals surface area contributed by atoms with E-state index in [2.05, 4.69) is 22.1 Å². The van der Waals surface area contributed by atoms with Gasteiger partial charge in [0.15, 0.2) is 0 Å². The Morgan fingerprint density at radius 1 is 1.32 bits per heavy atom. The van der Waals surface area contributed by atoms with Gasteiger partial charge in [0.1, 0.15) is 15.4 Å². The molecule has 7 heteroatoms. The lowest BCUT2D eigenvalue weighted by atomic mass is 9.79. The second kappa shape index (κ2) is 6.38. The summed E-state index contributed by atoms with van der Waals surface area (Å²) in [6.45, 7) is 4.45. The molecule has 0 aliphatic carbocycles. The molecule has 0 unspecified atom stereocenters. The summed E-state index contributed by atoms with van der Waals surface area (Å²) in [4.78, 5) is 32.4. The second-order valence-corrected chi connectivity index (χ2v) is 7.84. The number of esters is 1. The van der Waals surface area contributed by atoms with Gasteiger partial charge in [0.05, 0.1) is 7.11 Å². The Kier molecular flexibility index (Phi) is 4.21. The number of rotatable bonds is 3. The number of aromatic nitrogens is 1. The molecule has 0 aromatic carbocycles. The molecule has 2 aromatic heterocycles. The van der Waals surface area contributed by atoms with Crippen LogP contribution in [0.1, 0.15) is 39.9 Å². The number of pyridine rings is 1. The number of hydrogen-bond acceptors (Lipinski definition) is 6. The van der Waals surface area contributed by atoms with Crippen LogP contribution in [-0.2, 0) is 4.74 Å². The molecule has 5 rings (SSSR count). The van der Waals surface area contributed by atoms with Gasteiger partial charge in [0.2, 0.25) is 0 Å². The number of nitrogens with one attached hydrogen (secondary N) is 1. The first-order valence-electron chi connectivity index (χ1n) is 8.60. The molecule has 3 saturated heterocycles. The highest BCUT2D eigenvalue weighted by molar-refractivity contribution is 7.20. The van der Waals surface area contributed by atoms with E-state index < -0.39 is 0 Å². The fourth-order valence-electron chi connectivity index (χ4n) is 4.02. The summed E-state index contributed by atoms with van der Waals surface area (Å²) < 4.78 is 4.74. The van der Waals surface area contributed by atoms with Crippen molar-refractivity contribution in [3.8, 4) is 0 Å². The van der Waals surface area contributed by atoms with Gasteiger partial charge in [-0.1, -0.05) is 0 Å². The van der Waals surface area contributed by atoms with Crippen LogP contribution in [-0.4, -0.2) is 54.0 Å². The van der Waals surface area contributed by atoms with Crippen molar-refractivity contribution in [2.75, 3.05) is 20.2 Å². The number of carbonyl (C=O) groups is 2. The zero-order valence-corrected chi connectivity index (χ0v) is 15.1. The molecule has 3 aliphatic rings. The Morgan fingerprint density at radius 2 is 2.08 bits per heavy atom. The highest BCUT2D eigenvalue weighted by Crippen LogP contribution is 2.32. The van der Waals surface area contributed by atoms with E-state index in [1.807, 2.05) is 6.07 Å². The molecular weight excluding hydrogens is 338 g/mol. The van der Waals surface area contributed by atoms with Crippen LogP contribution in [0.3, 0.4) is 0 Å². The number of ether oxygens (including phenoxy) is 1. The summed E-state index contributed by atoms with van der Waals surface area (Å²) in [7, 11) is 1.36. The van der Waals surface area contributed by atoms with Crippen molar-refractivity contribution in [1.82, 2.24) is 15.2 Å². The van der Waals surface area contributed by atoms with Gasteiger partial charge in [0.25, 0.3) is 5.91 Å². The first kappa shape index (κ1) is 16.5. The van der Waals surface area contributed by atoms with Gasteiger partial charge in [0, 0.05) is 17.5 Å². The average molecular weight is 359 g/mol. The van der Waals surface area contributed by atoms with E-state index in [-0.39, 0.29) is 17.9 Å². The van der Waals surface area contributed by atoms with Crippen molar-refractivity contribution in [2.24, 2.45) is 5.92 Å². The average Bonchev–Trinajstić information content (AvgIpc) is 3.07. The summed E-state index contributed by atoms with van der Waals surface area (Å²) in [5.74, 6) is 0.0379. The van der Waals surface area contributed by atoms with Crippen molar-refractivity contribution in [2.45, 2.75) is 31.8 Å². The quantitative estimate of drug-likeness (QED) is 0.852. The van der Waals surface area contributed by atoms with Gasteiger partial charge in [-0.05, 0) is 57.0 Å². The van der Waals surface area contributed by atoms with Gasteiger partial charge in [-0.3, -0.25) is 9.69 Å². The highest BCUT2D eigenvalue weighted by Gasteiger charge is 2.40. The normalized spacial score (nSPS) is 28.1. The maximum atomic E-state index is 12.7. The third-order valence-electron chi connectivity index (χ3n) is 5.48. The molecule has 2 atom stereocenters. The van der Waals surface area contributed by atoms with Gasteiger partial charge in [-0.15, -0.1) is 11.3 Å². The van der Waals surface area contributed by atoms with Crippen LogP contribution >= 0.6 is 11.3 Å². The molecule has 6 nitrogen and oxygen atoms in total. The Labute approximate surface area is 150 Å². The van der Waals surface area contributed by atoms with Crippen molar-refractivity contribution in [1.29, 1.82) is 0 Å². The fraction of sp³-hybridized carbons (Fsp3) is 0.500. The van der Waals surface area contributed by atoms with Gasteiger partial charge in [-0.25, -0.2) is 9.78 Å². The molecule has 1 amide bonds. The number of methoxy groups -OCH3 is 1. The lowest BCUT2D eigenvalue weighted by Crippen LogP contribution is -2.62. The molecule has 132 valence electrons. The predicted octanol–water partition coefficient (Wildman–Crippen LogP) is 2.30. The number of thiophene rings is 1. The van der Waals surface area contributed by atoms with Gasteiger partial charge >= 0.3 is 5.97 Å². The largest absolute Gasteiger partial charge is 0.465 e. The molecule has 3 aliphatic heterocycles. The lowest BCUT2D eigenvalue weighted by molar-refractivity contribution is 0.0216. The maximum absolute atomic E-state index is 12.7. The van der Waals surface area contributed by atoms with Crippen LogP contribution in [0.4, 0.5) is 0 Å². The molecular formula is C18H21N3O3S. The van der Waals surface area contributed by atoms with Crippen LogP contribution in [0.2, 0.25) is 0 Å². The molecule has 2 bridgehead atoms. The molecule has 1 N–H and O–H groups in total. The Hall–Kier alpha value is -1.99. The zero-order chi connectivity index (χ0) is 17.6. The number of piperidine rings is 3. The number of hydrogen-bond donors (Lipinski definition) is 1. The summed E-state index contributed by atoms with van der Waals surface area (Å²) >= 11 is 1.25. The Morgan fingerprint density at radius 3 is 2.76 bits per heavy atom. The summed E-state index contributed by atoms with van der Waals surface area (Å²) in [5.41, 5.74) is 0.398. The van der Waals surface area contributed by atoms with Crippen LogP contribution in [0.5, 0.6) is 0 Å². The third-order valence-corrected chi connectivity index (χ3v) is 6.50.